The quantitative estimate of drug-likeness (QED) is 0.863. The molecular weight excluding hydrogens is 253 g/mol. The van der Waals surface area contributed by atoms with Crippen molar-refractivity contribution in [3.63, 3.8) is 0 Å². The highest BCUT2D eigenvalue weighted by Crippen LogP contribution is 2.33. The Morgan fingerprint density at radius 3 is 2.20 bits per heavy atom. The van der Waals surface area contributed by atoms with E-state index in [-0.39, 0.29) is 11.4 Å². The number of nitrogens with zero attached hydrogens (tertiary/aromatic N) is 1. The van der Waals surface area contributed by atoms with Crippen molar-refractivity contribution in [1.29, 1.82) is 0 Å². The number of aliphatic hydroxyl groups is 1. The van der Waals surface area contributed by atoms with Crippen molar-refractivity contribution in [3.05, 3.63) is 35.6 Å². The van der Waals surface area contributed by atoms with Crippen LogP contribution in [0.2, 0.25) is 0 Å². The van der Waals surface area contributed by atoms with Gasteiger partial charge in [0.2, 0.25) is 0 Å². The van der Waals surface area contributed by atoms with E-state index in [2.05, 4.69) is 18.7 Å². The molecule has 3 heteroatoms. The predicted octanol–water partition coefficient (Wildman–Crippen LogP) is 3.38. The van der Waals surface area contributed by atoms with Crippen LogP contribution in [0.1, 0.15) is 45.1 Å². The van der Waals surface area contributed by atoms with Crippen LogP contribution >= 0.6 is 0 Å². The van der Waals surface area contributed by atoms with Crippen molar-refractivity contribution in [2.24, 2.45) is 0 Å². The summed E-state index contributed by atoms with van der Waals surface area (Å²) in [6, 6.07) is 6.49. The summed E-state index contributed by atoms with van der Waals surface area (Å²) in [6.45, 7) is 6.50. The fourth-order valence-electron chi connectivity index (χ4n) is 3.58. The second-order valence-electron chi connectivity index (χ2n) is 5.85. The summed E-state index contributed by atoms with van der Waals surface area (Å²) in [4.78, 5) is 2.46. The van der Waals surface area contributed by atoms with Gasteiger partial charge >= 0.3 is 0 Å². The maximum Gasteiger partial charge on any atom is 0.123 e. The van der Waals surface area contributed by atoms with E-state index < -0.39 is 6.10 Å². The minimum Gasteiger partial charge on any atom is -0.391 e. The molecule has 1 atom stereocenters. The molecule has 0 bridgehead atoms. The van der Waals surface area contributed by atoms with E-state index in [1.807, 2.05) is 0 Å². The molecule has 1 unspecified atom stereocenters. The molecule has 1 saturated heterocycles. The first-order valence-corrected chi connectivity index (χ1v) is 7.80. The number of halogens is 1. The molecule has 1 aliphatic heterocycles. The summed E-state index contributed by atoms with van der Waals surface area (Å²) in [5.74, 6) is -0.222. The van der Waals surface area contributed by atoms with Crippen molar-refractivity contribution in [2.45, 2.75) is 57.6 Å². The predicted molar refractivity (Wildman–Crippen MR) is 80.2 cm³/mol. The zero-order valence-electron chi connectivity index (χ0n) is 12.6. The minimum atomic E-state index is -0.402. The van der Waals surface area contributed by atoms with Crippen LogP contribution in [0.4, 0.5) is 4.39 Å². The second kappa shape index (κ2) is 6.68. The summed E-state index contributed by atoms with van der Waals surface area (Å²) in [5, 5.41) is 10.8. The van der Waals surface area contributed by atoms with E-state index in [1.165, 1.54) is 25.0 Å². The molecule has 0 radical (unpaired) electrons. The summed E-state index contributed by atoms with van der Waals surface area (Å²) in [7, 11) is 0. The Bertz CT molecular complexity index is 408. The van der Waals surface area contributed by atoms with Crippen molar-refractivity contribution in [3.8, 4) is 0 Å². The van der Waals surface area contributed by atoms with Crippen LogP contribution in [-0.2, 0) is 6.42 Å². The molecule has 2 nitrogen and oxygen atoms in total. The first-order valence-electron chi connectivity index (χ1n) is 7.80. The highest BCUT2D eigenvalue weighted by molar-refractivity contribution is 5.18. The van der Waals surface area contributed by atoms with Gasteiger partial charge in [0, 0.05) is 12.0 Å². The molecule has 0 aliphatic carbocycles. The Hall–Kier alpha value is -0.930. The Balaban J connectivity index is 2.13. The van der Waals surface area contributed by atoms with E-state index in [9.17, 15) is 9.50 Å². The van der Waals surface area contributed by atoms with Crippen LogP contribution < -0.4 is 0 Å². The summed E-state index contributed by atoms with van der Waals surface area (Å²) in [5.41, 5.74) is 0.870. The standard InChI is InChI=1S/C17H26FNO/c1-3-17(4-2,19-11-5-6-12-19)16(20)13-14-7-9-15(18)10-8-14/h7-10,16,20H,3-6,11-13H2,1-2H3. The highest BCUT2D eigenvalue weighted by Gasteiger charge is 2.41. The molecule has 0 spiro atoms. The molecule has 2 rings (SSSR count). The van der Waals surface area contributed by atoms with Gasteiger partial charge in [0.15, 0.2) is 0 Å². The van der Waals surface area contributed by atoms with Gasteiger partial charge in [-0.3, -0.25) is 4.90 Å². The third-order valence-corrected chi connectivity index (χ3v) is 4.92. The van der Waals surface area contributed by atoms with E-state index in [1.54, 1.807) is 12.1 Å². The normalized spacial score (nSPS) is 18.4. The van der Waals surface area contributed by atoms with Gasteiger partial charge in [-0.15, -0.1) is 0 Å². The first-order chi connectivity index (χ1) is 9.62. The van der Waals surface area contributed by atoms with Crippen molar-refractivity contribution < 1.29 is 9.50 Å². The molecule has 20 heavy (non-hydrogen) atoms. The molecule has 1 aliphatic rings. The lowest BCUT2D eigenvalue weighted by Gasteiger charge is -2.44. The van der Waals surface area contributed by atoms with E-state index >= 15 is 0 Å². The molecule has 0 aromatic heterocycles. The topological polar surface area (TPSA) is 23.5 Å². The lowest BCUT2D eigenvalue weighted by atomic mass is 9.82. The molecule has 1 heterocycles. The molecule has 112 valence electrons. The molecule has 1 aromatic carbocycles. The Kier molecular flexibility index (Phi) is 5.17. The van der Waals surface area contributed by atoms with Gasteiger partial charge in [-0.2, -0.15) is 0 Å². The van der Waals surface area contributed by atoms with Crippen molar-refractivity contribution >= 4 is 0 Å². The Morgan fingerprint density at radius 2 is 1.70 bits per heavy atom. The fraction of sp³-hybridized carbons (Fsp3) is 0.647. The third kappa shape index (κ3) is 3.04. The van der Waals surface area contributed by atoms with E-state index in [0.717, 1.165) is 31.5 Å². The van der Waals surface area contributed by atoms with Gasteiger partial charge in [0.25, 0.3) is 0 Å². The molecule has 1 N–H and O–H groups in total. The molecule has 0 amide bonds. The monoisotopic (exact) mass is 279 g/mol. The summed E-state index contributed by atoms with van der Waals surface area (Å²) < 4.78 is 13.0. The number of hydrogen-bond acceptors (Lipinski definition) is 2. The van der Waals surface area contributed by atoms with Crippen molar-refractivity contribution in [1.82, 2.24) is 4.90 Å². The average molecular weight is 279 g/mol. The largest absolute Gasteiger partial charge is 0.391 e. The lowest BCUT2D eigenvalue weighted by molar-refractivity contribution is -0.0270. The van der Waals surface area contributed by atoms with Crippen molar-refractivity contribution in [2.75, 3.05) is 13.1 Å². The fourth-order valence-corrected chi connectivity index (χ4v) is 3.58. The van der Waals surface area contributed by atoms with Crippen LogP contribution in [0.5, 0.6) is 0 Å². The Morgan fingerprint density at radius 1 is 1.15 bits per heavy atom. The number of benzene rings is 1. The zero-order chi connectivity index (χ0) is 14.6. The number of aliphatic hydroxyl groups excluding tert-OH is 1. The number of likely N-dealkylation sites (tertiary alicyclic amines) is 1. The third-order valence-electron chi connectivity index (χ3n) is 4.92. The molecular formula is C17H26FNO. The van der Waals surface area contributed by atoms with Gasteiger partial charge < -0.3 is 5.11 Å². The first kappa shape index (κ1) is 15.5. The maximum atomic E-state index is 13.0. The molecule has 1 aromatic rings. The maximum absolute atomic E-state index is 13.0. The minimum absolute atomic E-state index is 0.134. The van der Waals surface area contributed by atoms with E-state index in [0.29, 0.717) is 6.42 Å². The molecule has 1 fully saturated rings. The zero-order valence-corrected chi connectivity index (χ0v) is 12.6. The summed E-state index contributed by atoms with van der Waals surface area (Å²) in [6.07, 6.45) is 4.55. The smallest absolute Gasteiger partial charge is 0.123 e. The van der Waals surface area contributed by atoms with Gasteiger partial charge in [0.05, 0.1) is 6.10 Å². The van der Waals surface area contributed by atoms with Crippen LogP contribution in [0.3, 0.4) is 0 Å². The van der Waals surface area contributed by atoms with Gasteiger partial charge in [-0.25, -0.2) is 4.39 Å². The van der Waals surface area contributed by atoms with Crippen LogP contribution in [0.25, 0.3) is 0 Å². The number of hydrogen-bond donors (Lipinski definition) is 1. The van der Waals surface area contributed by atoms with Crippen LogP contribution in [0.15, 0.2) is 24.3 Å². The van der Waals surface area contributed by atoms with Gasteiger partial charge in [0.1, 0.15) is 5.82 Å². The highest BCUT2D eigenvalue weighted by atomic mass is 19.1. The number of rotatable bonds is 6. The second-order valence-corrected chi connectivity index (χ2v) is 5.85. The Labute approximate surface area is 121 Å². The lowest BCUT2D eigenvalue weighted by Crippen LogP contribution is -2.55. The molecule has 0 saturated carbocycles. The van der Waals surface area contributed by atoms with Crippen LogP contribution in [0, 0.1) is 5.82 Å². The van der Waals surface area contributed by atoms with Gasteiger partial charge in [-0.1, -0.05) is 26.0 Å². The summed E-state index contributed by atoms with van der Waals surface area (Å²) >= 11 is 0. The van der Waals surface area contributed by atoms with Crippen LogP contribution in [-0.4, -0.2) is 34.7 Å². The SMILES string of the molecule is CCC(CC)(C(O)Cc1ccc(F)cc1)N1CCCC1. The van der Waals surface area contributed by atoms with E-state index in [4.69, 9.17) is 0 Å². The average Bonchev–Trinajstić information content (AvgIpc) is 2.98. The van der Waals surface area contributed by atoms with Gasteiger partial charge in [-0.05, 0) is 56.5 Å².